The standard InChI is InChI=1S/C26H34ClN3O5S/c1-6-24(26(33)28-15-18(2)3)29(16-20-10-12-22(27)13-11-20)25(32)17-30(36(5,34)35)23-9-7-8-21(14-23)19(4)31/h7-14,18,24H,6,15-17H2,1-5H3,(H,28,33)/t24-/m1/s1. The molecule has 2 rings (SSSR count). The van der Waals surface area contributed by atoms with Crippen LogP contribution in [-0.2, 0) is 26.2 Å². The summed E-state index contributed by atoms with van der Waals surface area (Å²) in [5.74, 6) is -0.858. The lowest BCUT2D eigenvalue weighted by molar-refractivity contribution is -0.140. The molecular weight excluding hydrogens is 502 g/mol. The minimum Gasteiger partial charge on any atom is -0.354 e. The molecule has 0 aromatic heterocycles. The molecule has 10 heteroatoms. The summed E-state index contributed by atoms with van der Waals surface area (Å²) in [6.07, 6.45) is 1.33. The Morgan fingerprint density at radius 1 is 1.06 bits per heavy atom. The first kappa shape index (κ1) is 29.3. The smallest absolute Gasteiger partial charge is 0.244 e. The van der Waals surface area contributed by atoms with Gasteiger partial charge in [-0.1, -0.05) is 56.6 Å². The molecular formula is C26H34ClN3O5S. The molecule has 0 bridgehead atoms. The maximum Gasteiger partial charge on any atom is 0.244 e. The molecule has 2 aromatic carbocycles. The Kier molecular flexibility index (Phi) is 10.5. The minimum absolute atomic E-state index is 0.0920. The van der Waals surface area contributed by atoms with Crippen LogP contribution in [0.2, 0.25) is 5.02 Å². The molecule has 8 nitrogen and oxygen atoms in total. The van der Waals surface area contributed by atoms with Gasteiger partial charge in [-0.05, 0) is 49.1 Å². The van der Waals surface area contributed by atoms with E-state index in [2.05, 4.69) is 5.32 Å². The highest BCUT2D eigenvalue weighted by atomic mass is 35.5. The second kappa shape index (κ2) is 12.9. The lowest BCUT2D eigenvalue weighted by atomic mass is 10.1. The van der Waals surface area contributed by atoms with Crippen LogP contribution in [0, 0.1) is 5.92 Å². The van der Waals surface area contributed by atoms with E-state index >= 15 is 0 Å². The van der Waals surface area contributed by atoms with Crippen molar-refractivity contribution in [3.05, 3.63) is 64.7 Å². The van der Waals surface area contributed by atoms with Crippen LogP contribution >= 0.6 is 11.6 Å². The molecule has 0 unspecified atom stereocenters. The number of carbonyl (C=O) groups is 3. The van der Waals surface area contributed by atoms with Crippen molar-refractivity contribution < 1.29 is 22.8 Å². The lowest BCUT2D eigenvalue weighted by Crippen LogP contribution is -2.52. The highest BCUT2D eigenvalue weighted by Crippen LogP contribution is 2.22. The van der Waals surface area contributed by atoms with Crippen LogP contribution in [0.1, 0.15) is 50.0 Å². The van der Waals surface area contributed by atoms with Gasteiger partial charge in [0.2, 0.25) is 21.8 Å². The number of halogens is 1. The number of hydrogen-bond donors (Lipinski definition) is 1. The lowest BCUT2D eigenvalue weighted by Gasteiger charge is -2.33. The van der Waals surface area contributed by atoms with Gasteiger partial charge in [-0.15, -0.1) is 0 Å². The number of carbonyl (C=O) groups excluding carboxylic acids is 3. The van der Waals surface area contributed by atoms with Crippen molar-refractivity contribution in [1.82, 2.24) is 10.2 Å². The largest absolute Gasteiger partial charge is 0.354 e. The van der Waals surface area contributed by atoms with Crippen molar-refractivity contribution in [2.45, 2.75) is 46.7 Å². The molecule has 1 atom stereocenters. The van der Waals surface area contributed by atoms with E-state index in [0.717, 1.165) is 16.1 Å². The summed E-state index contributed by atoms with van der Waals surface area (Å²) in [4.78, 5) is 39.9. The maximum atomic E-state index is 13.7. The zero-order chi connectivity index (χ0) is 27.0. The molecule has 0 aliphatic carbocycles. The van der Waals surface area contributed by atoms with Crippen LogP contribution in [0.25, 0.3) is 0 Å². The Morgan fingerprint density at radius 2 is 1.69 bits per heavy atom. The van der Waals surface area contributed by atoms with Crippen LogP contribution in [0.4, 0.5) is 5.69 Å². The summed E-state index contributed by atoms with van der Waals surface area (Å²) in [5, 5.41) is 3.41. The minimum atomic E-state index is -3.89. The summed E-state index contributed by atoms with van der Waals surface area (Å²) < 4.78 is 26.3. The van der Waals surface area contributed by atoms with Crippen molar-refractivity contribution in [2.24, 2.45) is 5.92 Å². The zero-order valence-electron chi connectivity index (χ0n) is 21.3. The number of ketones is 1. The van der Waals surface area contributed by atoms with Gasteiger partial charge < -0.3 is 10.2 Å². The summed E-state index contributed by atoms with van der Waals surface area (Å²) in [6.45, 7) is 7.13. The third-order valence-corrected chi connectivity index (χ3v) is 6.95. The van der Waals surface area contributed by atoms with E-state index in [1.807, 2.05) is 13.8 Å². The Bertz CT molecular complexity index is 1180. The first-order chi connectivity index (χ1) is 16.8. The van der Waals surface area contributed by atoms with Crippen LogP contribution < -0.4 is 9.62 Å². The van der Waals surface area contributed by atoms with Crippen molar-refractivity contribution in [3.63, 3.8) is 0 Å². The summed E-state index contributed by atoms with van der Waals surface area (Å²) in [5.41, 5.74) is 1.26. The Labute approximate surface area is 218 Å². The molecule has 0 spiro atoms. The SMILES string of the molecule is CC[C@H](C(=O)NCC(C)C)N(Cc1ccc(Cl)cc1)C(=O)CN(c1cccc(C(C)=O)c1)S(C)(=O)=O. The van der Waals surface area contributed by atoms with Crippen LogP contribution in [-0.4, -0.2) is 56.3 Å². The predicted molar refractivity (Wildman–Crippen MR) is 143 cm³/mol. The molecule has 2 aromatic rings. The number of amides is 2. The molecule has 0 saturated heterocycles. The second-order valence-electron chi connectivity index (χ2n) is 9.09. The van der Waals surface area contributed by atoms with Crippen molar-refractivity contribution in [3.8, 4) is 0 Å². The van der Waals surface area contributed by atoms with E-state index in [1.54, 1.807) is 43.3 Å². The van der Waals surface area contributed by atoms with Crippen LogP contribution in [0.3, 0.4) is 0 Å². The van der Waals surface area contributed by atoms with Gasteiger partial charge in [-0.25, -0.2) is 8.42 Å². The summed E-state index contributed by atoms with van der Waals surface area (Å²) in [7, 11) is -3.89. The van der Waals surface area contributed by atoms with Gasteiger partial charge >= 0.3 is 0 Å². The van der Waals surface area contributed by atoms with E-state index in [0.29, 0.717) is 23.6 Å². The molecule has 0 aliphatic heterocycles. The Balaban J connectivity index is 2.45. The van der Waals surface area contributed by atoms with E-state index in [9.17, 15) is 22.8 Å². The molecule has 2 amide bonds. The van der Waals surface area contributed by atoms with Crippen LogP contribution in [0.15, 0.2) is 48.5 Å². The molecule has 1 N–H and O–H groups in total. The number of sulfonamides is 1. The molecule has 0 heterocycles. The Hall–Kier alpha value is -2.91. The third-order valence-electron chi connectivity index (χ3n) is 5.56. The normalized spacial score (nSPS) is 12.2. The van der Waals surface area contributed by atoms with Gasteiger partial charge in [0, 0.05) is 23.7 Å². The zero-order valence-corrected chi connectivity index (χ0v) is 22.9. The van der Waals surface area contributed by atoms with E-state index < -0.39 is 28.5 Å². The van der Waals surface area contributed by atoms with Gasteiger partial charge in [-0.3, -0.25) is 18.7 Å². The average molecular weight is 536 g/mol. The fourth-order valence-electron chi connectivity index (χ4n) is 3.62. The van der Waals surface area contributed by atoms with E-state index in [-0.39, 0.29) is 29.8 Å². The number of nitrogens with zero attached hydrogens (tertiary/aromatic N) is 2. The number of benzene rings is 2. The summed E-state index contributed by atoms with van der Waals surface area (Å²) >= 11 is 6.00. The predicted octanol–water partition coefficient (Wildman–Crippen LogP) is 3.89. The highest BCUT2D eigenvalue weighted by molar-refractivity contribution is 7.92. The topological polar surface area (TPSA) is 104 Å². The van der Waals surface area contributed by atoms with Crippen LogP contribution in [0.5, 0.6) is 0 Å². The van der Waals surface area contributed by atoms with Gasteiger partial charge in [0.25, 0.3) is 0 Å². The van der Waals surface area contributed by atoms with Crippen molar-refractivity contribution in [2.75, 3.05) is 23.7 Å². The van der Waals surface area contributed by atoms with Gasteiger partial charge in [-0.2, -0.15) is 0 Å². The molecule has 0 saturated carbocycles. The monoisotopic (exact) mass is 535 g/mol. The fourth-order valence-corrected chi connectivity index (χ4v) is 4.59. The Morgan fingerprint density at radius 3 is 2.22 bits per heavy atom. The van der Waals surface area contributed by atoms with Gasteiger partial charge in [0.1, 0.15) is 12.6 Å². The van der Waals surface area contributed by atoms with Gasteiger partial charge in [0.05, 0.1) is 11.9 Å². The molecule has 0 fully saturated rings. The second-order valence-corrected chi connectivity index (χ2v) is 11.4. The summed E-state index contributed by atoms with van der Waals surface area (Å²) in [6, 6.07) is 12.2. The first-order valence-corrected chi connectivity index (χ1v) is 14.0. The van der Waals surface area contributed by atoms with E-state index in [4.69, 9.17) is 11.6 Å². The van der Waals surface area contributed by atoms with Crippen molar-refractivity contribution >= 4 is 44.9 Å². The quantitative estimate of drug-likeness (QED) is 0.415. The molecule has 196 valence electrons. The van der Waals surface area contributed by atoms with E-state index in [1.165, 1.54) is 24.0 Å². The third kappa shape index (κ3) is 8.34. The molecule has 0 radical (unpaired) electrons. The number of rotatable bonds is 12. The molecule has 36 heavy (non-hydrogen) atoms. The highest BCUT2D eigenvalue weighted by Gasteiger charge is 2.31. The maximum absolute atomic E-state index is 13.7. The molecule has 0 aliphatic rings. The van der Waals surface area contributed by atoms with Gasteiger partial charge in [0.15, 0.2) is 5.78 Å². The number of hydrogen-bond acceptors (Lipinski definition) is 5. The number of Topliss-reactive ketones (excluding diaryl/α,β-unsaturated/α-hetero) is 1. The number of nitrogens with one attached hydrogen (secondary N) is 1. The first-order valence-electron chi connectivity index (χ1n) is 11.7. The number of anilines is 1. The fraction of sp³-hybridized carbons (Fsp3) is 0.423. The average Bonchev–Trinajstić information content (AvgIpc) is 2.81. The van der Waals surface area contributed by atoms with Crippen molar-refractivity contribution in [1.29, 1.82) is 0 Å².